The second-order valence-corrected chi connectivity index (χ2v) is 4.45. The second-order valence-electron chi connectivity index (χ2n) is 4.45. The third-order valence-electron chi connectivity index (χ3n) is 2.13. The third kappa shape index (κ3) is 5.10. The van der Waals surface area contributed by atoms with Gasteiger partial charge in [0.1, 0.15) is 5.57 Å². The maximum Gasteiger partial charge on any atom is 0.341 e. The smallest absolute Gasteiger partial charge is 0.341 e. The van der Waals surface area contributed by atoms with Gasteiger partial charge in [0.05, 0.1) is 6.61 Å². The van der Waals surface area contributed by atoms with Crippen LogP contribution < -0.4 is 0 Å². The molecule has 0 aliphatic heterocycles. The van der Waals surface area contributed by atoms with Gasteiger partial charge in [-0.3, -0.25) is 4.79 Å². The zero-order chi connectivity index (χ0) is 12.7. The van der Waals surface area contributed by atoms with Gasteiger partial charge in [0.15, 0.2) is 5.78 Å². The van der Waals surface area contributed by atoms with Crippen molar-refractivity contribution < 1.29 is 14.3 Å². The highest BCUT2D eigenvalue weighted by molar-refractivity contribution is 6.16. The van der Waals surface area contributed by atoms with E-state index in [4.69, 9.17) is 4.74 Å². The van der Waals surface area contributed by atoms with Gasteiger partial charge in [0.2, 0.25) is 0 Å². The van der Waals surface area contributed by atoms with Crippen molar-refractivity contribution in [3.05, 3.63) is 11.1 Å². The highest BCUT2D eigenvalue weighted by atomic mass is 16.5. The Labute approximate surface area is 97.9 Å². The molecule has 0 aromatic carbocycles. The first-order valence-electron chi connectivity index (χ1n) is 5.77. The summed E-state index contributed by atoms with van der Waals surface area (Å²) in [6, 6.07) is 0. The van der Waals surface area contributed by atoms with E-state index < -0.39 is 5.97 Å². The van der Waals surface area contributed by atoms with E-state index in [0.717, 1.165) is 18.4 Å². The summed E-state index contributed by atoms with van der Waals surface area (Å²) < 4.78 is 5.00. The lowest BCUT2D eigenvalue weighted by Crippen LogP contribution is -2.16. The van der Waals surface area contributed by atoms with Gasteiger partial charge in [0, 0.05) is 0 Å². The van der Waals surface area contributed by atoms with Crippen LogP contribution in [0.25, 0.3) is 0 Å². The number of ketones is 1. The molecule has 3 heteroatoms. The number of esters is 1. The second kappa shape index (κ2) is 7.20. The minimum absolute atomic E-state index is 0.209. The van der Waals surface area contributed by atoms with E-state index in [2.05, 4.69) is 13.8 Å². The van der Waals surface area contributed by atoms with Crippen LogP contribution in [0.5, 0.6) is 0 Å². The van der Waals surface area contributed by atoms with E-state index in [1.165, 1.54) is 6.92 Å². The average Bonchev–Trinajstić information content (AvgIpc) is 2.12. The van der Waals surface area contributed by atoms with E-state index in [1.807, 2.05) is 13.8 Å². The van der Waals surface area contributed by atoms with Gasteiger partial charge in [-0.15, -0.1) is 0 Å². The van der Waals surface area contributed by atoms with Crippen molar-refractivity contribution in [3.63, 3.8) is 0 Å². The van der Waals surface area contributed by atoms with Crippen molar-refractivity contribution in [1.82, 2.24) is 0 Å². The van der Waals surface area contributed by atoms with Crippen LogP contribution in [0.1, 0.15) is 47.5 Å². The number of carbonyl (C=O) groups is 2. The van der Waals surface area contributed by atoms with E-state index in [1.54, 1.807) is 0 Å². The van der Waals surface area contributed by atoms with Crippen LogP contribution in [0.3, 0.4) is 0 Å². The first kappa shape index (κ1) is 14.9. The van der Waals surface area contributed by atoms with E-state index in [-0.39, 0.29) is 11.4 Å². The molecular weight excluding hydrogens is 204 g/mol. The quantitative estimate of drug-likeness (QED) is 0.303. The van der Waals surface area contributed by atoms with Gasteiger partial charge in [-0.2, -0.15) is 0 Å². The van der Waals surface area contributed by atoms with Crippen LogP contribution >= 0.6 is 0 Å². The summed E-state index contributed by atoms with van der Waals surface area (Å²) in [6.07, 6.45) is 1.51. The molecule has 0 heterocycles. The highest BCUT2D eigenvalue weighted by Crippen LogP contribution is 2.16. The molecule has 3 nitrogen and oxygen atoms in total. The van der Waals surface area contributed by atoms with Crippen LogP contribution in [0.15, 0.2) is 11.1 Å². The Morgan fingerprint density at radius 3 is 2.12 bits per heavy atom. The molecule has 0 saturated heterocycles. The molecule has 0 aromatic heterocycles. The first-order chi connectivity index (χ1) is 7.40. The Bertz CT molecular complexity index is 288. The molecule has 0 bridgehead atoms. The van der Waals surface area contributed by atoms with Crippen molar-refractivity contribution >= 4 is 11.8 Å². The van der Waals surface area contributed by atoms with Crippen LogP contribution in [0, 0.1) is 5.92 Å². The minimum Gasteiger partial charge on any atom is -0.462 e. The zero-order valence-corrected chi connectivity index (χ0v) is 10.9. The third-order valence-corrected chi connectivity index (χ3v) is 2.13. The number of carbonyl (C=O) groups excluding carboxylic acids is 2. The Balaban J connectivity index is 4.84. The lowest BCUT2D eigenvalue weighted by molar-refractivity contribution is -0.140. The van der Waals surface area contributed by atoms with Crippen molar-refractivity contribution in [1.29, 1.82) is 0 Å². The Hall–Kier alpha value is -1.12. The molecule has 0 atom stereocenters. The monoisotopic (exact) mass is 226 g/mol. The number of rotatable bonds is 6. The van der Waals surface area contributed by atoms with E-state index in [0.29, 0.717) is 12.5 Å². The molecule has 0 aliphatic carbocycles. The summed E-state index contributed by atoms with van der Waals surface area (Å²) in [4.78, 5) is 23.1. The molecule has 0 N–H and O–H groups in total. The fourth-order valence-corrected chi connectivity index (χ4v) is 1.60. The van der Waals surface area contributed by atoms with Crippen molar-refractivity contribution in [2.75, 3.05) is 6.61 Å². The van der Waals surface area contributed by atoms with Gasteiger partial charge in [-0.1, -0.05) is 26.3 Å². The van der Waals surface area contributed by atoms with Crippen LogP contribution in [0.2, 0.25) is 0 Å². The topological polar surface area (TPSA) is 43.4 Å². The molecule has 0 fully saturated rings. The molecule has 0 saturated carbocycles. The predicted molar refractivity (Wildman–Crippen MR) is 64.1 cm³/mol. The highest BCUT2D eigenvalue weighted by Gasteiger charge is 2.19. The molecule has 0 spiro atoms. The van der Waals surface area contributed by atoms with Gasteiger partial charge in [-0.25, -0.2) is 4.79 Å². The molecule has 0 radical (unpaired) electrons. The Morgan fingerprint density at radius 2 is 1.75 bits per heavy atom. The van der Waals surface area contributed by atoms with Crippen LogP contribution in [-0.2, 0) is 14.3 Å². The maximum atomic E-state index is 11.7. The first-order valence-corrected chi connectivity index (χ1v) is 5.77. The van der Waals surface area contributed by atoms with Crippen LogP contribution in [-0.4, -0.2) is 18.4 Å². The number of hydrogen-bond donors (Lipinski definition) is 0. The molecular formula is C13H22O3. The number of hydrogen-bond acceptors (Lipinski definition) is 3. The van der Waals surface area contributed by atoms with Gasteiger partial charge >= 0.3 is 5.97 Å². The molecule has 16 heavy (non-hydrogen) atoms. The predicted octanol–water partition coefficient (Wildman–Crippen LogP) is 2.89. The Morgan fingerprint density at radius 1 is 1.19 bits per heavy atom. The van der Waals surface area contributed by atoms with Gasteiger partial charge < -0.3 is 4.74 Å². The van der Waals surface area contributed by atoms with Gasteiger partial charge in [-0.05, 0) is 32.6 Å². The van der Waals surface area contributed by atoms with Crippen molar-refractivity contribution in [3.8, 4) is 0 Å². The number of allylic oxidation sites excluding steroid dienone is 1. The standard InChI is InChI=1S/C13H22O3/c1-6-7-16-13(15)12(11(5)14)10(4)8-9(2)3/h9H,6-8H2,1-5H3. The summed E-state index contributed by atoms with van der Waals surface area (Å²) in [5.74, 6) is -0.264. The average molecular weight is 226 g/mol. The number of Topliss-reactive ketones (excluding diaryl/α,β-unsaturated/α-hetero) is 1. The summed E-state index contributed by atoms with van der Waals surface area (Å²) in [5, 5.41) is 0. The van der Waals surface area contributed by atoms with Crippen LogP contribution in [0.4, 0.5) is 0 Å². The normalized spacial score (nSPS) is 12.4. The molecule has 0 aromatic rings. The van der Waals surface area contributed by atoms with E-state index in [9.17, 15) is 9.59 Å². The molecule has 0 amide bonds. The fraction of sp³-hybridized carbons (Fsp3) is 0.692. The summed E-state index contributed by atoms with van der Waals surface area (Å²) >= 11 is 0. The fourth-order valence-electron chi connectivity index (χ4n) is 1.60. The minimum atomic E-state index is -0.479. The zero-order valence-electron chi connectivity index (χ0n) is 10.9. The molecule has 0 unspecified atom stereocenters. The molecule has 0 aliphatic rings. The largest absolute Gasteiger partial charge is 0.462 e. The molecule has 0 rings (SSSR count). The summed E-state index contributed by atoms with van der Waals surface area (Å²) in [6.45, 7) is 9.63. The van der Waals surface area contributed by atoms with Crippen molar-refractivity contribution in [2.45, 2.75) is 47.5 Å². The van der Waals surface area contributed by atoms with Crippen molar-refractivity contribution in [2.24, 2.45) is 5.92 Å². The van der Waals surface area contributed by atoms with E-state index >= 15 is 0 Å². The molecule has 92 valence electrons. The summed E-state index contributed by atoms with van der Waals surface area (Å²) in [5.41, 5.74) is 1.05. The number of ether oxygens (including phenoxy) is 1. The SMILES string of the molecule is CCCOC(=O)C(C(C)=O)=C(C)CC(C)C. The lowest BCUT2D eigenvalue weighted by Gasteiger charge is -2.11. The lowest BCUT2D eigenvalue weighted by atomic mass is 9.97. The maximum absolute atomic E-state index is 11.7. The summed E-state index contributed by atoms with van der Waals surface area (Å²) in [7, 11) is 0. The van der Waals surface area contributed by atoms with Gasteiger partial charge in [0.25, 0.3) is 0 Å². The Kier molecular flexibility index (Phi) is 6.70.